The molecule has 3 aromatic rings. The summed E-state index contributed by atoms with van der Waals surface area (Å²) in [5.41, 5.74) is 5.37. The Kier molecular flexibility index (Phi) is 6.45. The fraction of sp³-hybridized carbons (Fsp3) is 0.360. The number of hydrogen-bond acceptors (Lipinski definition) is 3. The van der Waals surface area contributed by atoms with Crippen LogP contribution < -0.4 is 10.1 Å². The van der Waals surface area contributed by atoms with E-state index < -0.39 is 0 Å². The van der Waals surface area contributed by atoms with Crippen molar-refractivity contribution in [2.45, 2.75) is 39.8 Å². The Labute approximate surface area is 200 Å². The SMILES string of the molecule is COc1ccc(Cl)cc1-n1c(C)cc([C@H]2[C@H](c3ccccn3)NC(=S)N2CC(C)C)c1C. The lowest BCUT2D eigenvalue weighted by molar-refractivity contribution is 0.287. The normalized spacial score (nSPS) is 18.3. The standard InChI is InChI=1S/C25H29ClN4OS/c1-15(2)14-29-24(23(28-25(29)32)20-8-6-7-11-27-20)19-12-16(3)30(17(19)4)21-13-18(26)9-10-22(21)31-5/h6-13,15,23-24H,14H2,1-5H3,(H,28,32)/t23-,24-/m0/s1. The van der Waals surface area contributed by atoms with Gasteiger partial charge in [-0.25, -0.2) is 0 Å². The monoisotopic (exact) mass is 468 g/mol. The molecule has 1 N–H and O–H groups in total. The molecule has 5 nitrogen and oxygen atoms in total. The van der Waals surface area contributed by atoms with Gasteiger partial charge in [-0.3, -0.25) is 4.98 Å². The molecule has 1 fully saturated rings. The lowest BCUT2D eigenvalue weighted by Crippen LogP contribution is -2.33. The van der Waals surface area contributed by atoms with Crippen LogP contribution in [0.4, 0.5) is 0 Å². The van der Waals surface area contributed by atoms with Crippen LogP contribution in [0.1, 0.15) is 48.6 Å². The molecule has 32 heavy (non-hydrogen) atoms. The van der Waals surface area contributed by atoms with E-state index in [4.69, 9.17) is 28.6 Å². The van der Waals surface area contributed by atoms with Crippen molar-refractivity contribution in [2.75, 3.05) is 13.7 Å². The molecule has 2 atom stereocenters. The average Bonchev–Trinajstić information content (AvgIpc) is 3.23. The number of hydrogen-bond donors (Lipinski definition) is 1. The molecular weight excluding hydrogens is 440 g/mol. The predicted molar refractivity (Wildman–Crippen MR) is 134 cm³/mol. The van der Waals surface area contributed by atoms with E-state index in [9.17, 15) is 0 Å². The topological polar surface area (TPSA) is 42.3 Å². The van der Waals surface area contributed by atoms with Crippen LogP contribution in [0.2, 0.25) is 5.02 Å². The summed E-state index contributed by atoms with van der Waals surface area (Å²) in [5, 5.41) is 4.98. The van der Waals surface area contributed by atoms with Gasteiger partial charge in [-0.2, -0.15) is 0 Å². The Morgan fingerprint density at radius 2 is 1.97 bits per heavy atom. The first-order valence-corrected chi connectivity index (χ1v) is 11.6. The number of nitrogens with one attached hydrogen (secondary N) is 1. The number of thiocarbonyl (C=S) groups is 1. The van der Waals surface area contributed by atoms with Crippen LogP contribution in [0.15, 0.2) is 48.7 Å². The highest BCUT2D eigenvalue weighted by Gasteiger charge is 2.41. The Morgan fingerprint density at radius 1 is 1.19 bits per heavy atom. The maximum Gasteiger partial charge on any atom is 0.170 e. The number of methoxy groups -OCH3 is 1. The van der Waals surface area contributed by atoms with Crippen molar-refractivity contribution in [3.05, 3.63) is 76.3 Å². The van der Waals surface area contributed by atoms with Crippen molar-refractivity contribution in [2.24, 2.45) is 5.92 Å². The second kappa shape index (κ2) is 9.12. The van der Waals surface area contributed by atoms with E-state index in [-0.39, 0.29) is 12.1 Å². The van der Waals surface area contributed by atoms with Crippen molar-refractivity contribution < 1.29 is 4.74 Å². The molecule has 168 valence electrons. The summed E-state index contributed by atoms with van der Waals surface area (Å²) in [6.07, 6.45) is 1.84. The molecule has 1 aromatic carbocycles. The summed E-state index contributed by atoms with van der Waals surface area (Å²) >= 11 is 12.1. The zero-order chi connectivity index (χ0) is 23.0. The highest BCUT2D eigenvalue weighted by atomic mass is 35.5. The van der Waals surface area contributed by atoms with E-state index in [0.29, 0.717) is 10.9 Å². The summed E-state index contributed by atoms with van der Waals surface area (Å²) in [6, 6.07) is 14.0. The van der Waals surface area contributed by atoms with Gasteiger partial charge in [-0.15, -0.1) is 0 Å². The minimum atomic E-state index is -0.0299. The summed E-state index contributed by atoms with van der Waals surface area (Å²) in [5.74, 6) is 1.25. The zero-order valence-electron chi connectivity index (χ0n) is 19.1. The zero-order valence-corrected chi connectivity index (χ0v) is 20.7. The van der Waals surface area contributed by atoms with Crippen molar-refractivity contribution >= 4 is 28.9 Å². The predicted octanol–water partition coefficient (Wildman–Crippen LogP) is 5.78. The molecular formula is C25H29ClN4OS. The van der Waals surface area contributed by atoms with Crippen molar-refractivity contribution in [1.82, 2.24) is 19.8 Å². The highest BCUT2D eigenvalue weighted by Crippen LogP contribution is 2.42. The molecule has 0 saturated carbocycles. The molecule has 0 amide bonds. The van der Waals surface area contributed by atoms with E-state index >= 15 is 0 Å². The molecule has 3 heterocycles. The number of pyridine rings is 1. The number of nitrogens with zero attached hydrogens (tertiary/aromatic N) is 3. The largest absolute Gasteiger partial charge is 0.495 e. The number of aromatic nitrogens is 2. The van der Waals surface area contributed by atoms with Gasteiger partial charge in [0, 0.05) is 29.2 Å². The van der Waals surface area contributed by atoms with Gasteiger partial charge in [0.2, 0.25) is 0 Å². The second-order valence-corrected chi connectivity index (χ2v) is 9.47. The Morgan fingerprint density at radius 3 is 2.62 bits per heavy atom. The smallest absolute Gasteiger partial charge is 0.170 e. The molecule has 0 bridgehead atoms. The first-order valence-electron chi connectivity index (χ1n) is 10.8. The van der Waals surface area contributed by atoms with Crippen LogP contribution >= 0.6 is 23.8 Å². The molecule has 0 spiro atoms. The van der Waals surface area contributed by atoms with Crippen LogP contribution in [0, 0.1) is 19.8 Å². The van der Waals surface area contributed by atoms with Crippen molar-refractivity contribution in [1.29, 1.82) is 0 Å². The Bertz CT molecular complexity index is 1130. The van der Waals surface area contributed by atoms with E-state index in [1.807, 2.05) is 36.5 Å². The van der Waals surface area contributed by atoms with Gasteiger partial charge in [0.15, 0.2) is 5.11 Å². The maximum atomic E-state index is 6.35. The minimum Gasteiger partial charge on any atom is -0.495 e. The van der Waals surface area contributed by atoms with E-state index in [1.54, 1.807) is 7.11 Å². The van der Waals surface area contributed by atoms with Gasteiger partial charge in [0.25, 0.3) is 0 Å². The third kappa shape index (κ3) is 4.09. The Balaban J connectivity index is 1.87. The van der Waals surface area contributed by atoms with Gasteiger partial charge >= 0.3 is 0 Å². The third-order valence-electron chi connectivity index (χ3n) is 5.93. The van der Waals surface area contributed by atoms with Crippen LogP contribution in [-0.4, -0.2) is 33.2 Å². The van der Waals surface area contributed by atoms with E-state index in [2.05, 4.69) is 59.6 Å². The molecule has 1 aliphatic rings. The van der Waals surface area contributed by atoms with Gasteiger partial charge in [0.05, 0.1) is 30.6 Å². The number of rotatable bonds is 6. The summed E-state index contributed by atoms with van der Waals surface area (Å²) < 4.78 is 7.86. The second-order valence-electron chi connectivity index (χ2n) is 8.65. The number of aryl methyl sites for hydroxylation is 1. The highest BCUT2D eigenvalue weighted by molar-refractivity contribution is 7.80. The molecule has 1 aliphatic heterocycles. The van der Waals surface area contributed by atoms with Gasteiger partial charge in [0.1, 0.15) is 5.75 Å². The molecule has 4 rings (SSSR count). The number of benzene rings is 1. The van der Waals surface area contributed by atoms with Crippen LogP contribution in [0.5, 0.6) is 5.75 Å². The molecule has 0 radical (unpaired) electrons. The van der Waals surface area contributed by atoms with E-state index in [1.165, 1.54) is 5.56 Å². The number of ether oxygens (including phenoxy) is 1. The van der Waals surface area contributed by atoms with Crippen molar-refractivity contribution in [3.63, 3.8) is 0 Å². The lowest BCUT2D eigenvalue weighted by Gasteiger charge is -2.29. The van der Waals surface area contributed by atoms with Crippen molar-refractivity contribution in [3.8, 4) is 11.4 Å². The average molecular weight is 469 g/mol. The van der Waals surface area contributed by atoms with E-state index in [0.717, 1.165) is 40.2 Å². The fourth-order valence-corrected chi connectivity index (χ4v) is 5.11. The molecule has 7 heteroatoms. The summed E-state index contributed by atoms with van der Waals surface area (Å²) in [7, 11) is 1.68. The molecule has 2 aromatic heterocycles. The molecule has 0 unspecified atom stereocenters. The minimum absolute atomic E-state index is 0.0299. The number of halogens is 1. The van der Waals surface area contributed by atoms with Gasteiger partial charge < -0.3 is 19.5 Å². The third-order valence-corrected chi connectivity index (χ3v) is 6.52. The fourth-order valence-electron chi connectivity index (χ4n) is 4.63. The quantitative estimate of drug-likeness (QED) is 0.464. The van der Waals surface area contributed by atoms with Crippen LogP contribution in [0.3, 0.4) is 0 Å². The van der Waals surface area contributed by atoms with Crippen LogP contribution in [-0.2, 0) is 0 Å². The molecule has 0 aliphatic carbocycles. The first kappa shape index (κ1) is 22.6. The van der Waals surface area contributed by atoms with Gasteiger partial charge in [-0.05, 0) is 73.9 Å². The summed E-state index contributed by atoms with van der Waals surface area (Å²) in [4.78, 5) is 6.95. The van der Waals surface area contributed by atoms with Gasteiger partial charge in [-0.1, -0.05) is 31.5 Å². The molecule has 1 saturated heterocycles. The lowest BCUT2D eigenvalue weighted by atomic mass is 9.96. The Hall–Kier alpha value is -2.57. The summed E-state index contributed by atoms with van der Waals surface area (Å²) in [6.45, 7) is 9.55. The van der Waals surface area contributed by atoms with Crippen LogP contribution in [0.25, 0.3) is 5.69 Å². The maximum absolute atomic E-state index is 6.35. The first-order chi connectivity index (χ1) is 15.3.